The summed E-state index contributed by atoms with van der Waals surface area (Å²) < 4.78 is 6.94. The van der Waals surface area contributed by atoms with Crippen molar-refractivity contribution in [1.82, 2.24) is 4.98 Å². The molecular formula is C33H24BrClN4O7S2. The molecule has 2 bridgehead atoms. The van der Waals surface area contributed by atoms with Crippen molar-refractivity contribution in [2.24, 2.45) is 29.6 Å². The number of hydrogen-bond donors (Lipinski definition) is 2. The van der Waals surface area contributed by atoms with Crippen molar-refractivity contribution in [2.75, 3.05) is 16.8 Å². The van der Waals surface area contributed by atoms with E-state index < -0.39 is 16.8 Å². The molecule has 1 saturated heterocycles. The third kappa shape index (κ3) is 5.08. The molecule has 8 rings (SSSR count). The van der Waals surface area contributed by atoms with Gasteiger partial charge in [-0.25, -0.2) is 0 Å². The number of amides is 3. The van der Waals surface area contributed by atoms with E-state index in [0.717, 1.165) is 31.3 Å². The second kappa shape index (κ2) is 11.9. The SMILES string of the molecule is O=C(COc1ccc(Br)cc1[C@H]1c2sc(=O)[nH]c2SC2C1[C@H]1C[C@@H]2C2C(=O)N(c3ccc([N+](=O)[O-])cc3)C(=O)C21)Nc1ccc(Cl)cc1. The first kappa shape index (κ1) is 31.3. The normalized spacial score (nSPS) is 26.6. The van der Waals surface area contributed by atoms with Gasteiger partial charge in [-0.3, -0.25) is 34.2 Å². The molecule has 2 aliphatic heterocycles. The number of aromatic nitrogens is 1. The highest BCUT2D eigenvalue weighted by molar-refractivity contribution is 9.10. The minimum Gasteiger partial charge on any atom is -0.483 e. The summed E-state index contributed by atoms with van der Waals surface area (Å²) in [6.45, 7) is -0.267. The van der Waals surface area contributed by atoms with Crippen molar-refractivity contribution >= 4 is 85.4 Å². The lowest BCUT2D eigenvalue weighted by Gasteiger charge is -2.43. The molecule has 4 unspecified atom stereocenters. The Balaban J connectivity index is 1.13. The molecule has 4 aromatic rings. The molecule has 2 aliphatic carbocycles. The van der Waals surface area contributed by atoms with E-state index in [1.165, 1.54) is 29.2 Å². The Bertz CT molecular complexity index is 2070. The van der Waals surface area contributed by atoms with Crippen LogP contribution in [0.2, 0.25) is 5.02 Å². The summed E-state index contributed by atoms with van der Waals surface area (Å²) in [6.07, 6.45) is 0.687. The molecular weight excluding hydrogens is 744 g/mol. The predicted molar refractivity (Wildman–Crippen MR) is 184 cm³/mol. The lowest BCUT2D eigenvalue weighted by molar-refractivity contribution is -0.384. The Morgan fingerprint density at radius 2 is 1.75 bits per heavy atom. The number of H-pyrrole nitrogens is 1. The van der Waals surface area contributed by atoms with Gasteiger partial charge < -0.3 is 15.0 Å². The number of fused-ring (bicyclic) bond motifs is 9. The number of nitro groups is 1. The zero-order valence-corrected chi connectivity index (χ0v) is 28.6. The number of non-ortho nitro benzene ring substituents is 1. The van der Waals surface area contributed by atoms with E-state index in [-0.39, 0.29) is 63.8 Å². The lowest BCUT2D eigenvalue weighted by atomic mass is 9.68. The van der Waals surface area contributed by atoms with Crippen LogP contribution in [0.1, 0.15) is 22.8 Å². The maximum absolute atomic E-state index is 14.1. The molecule has 3 fully saturated rings. The fourth-order valence-electron chi connectivity index (χ4n) is 8.11. The van der Waals surface area contributed by atoms with Crippen LogP contribution in [-0.2, 0) is 14.4 Å². The maximum atomic E-state index is 14.1. The molecule has 2 saturated carbocycles. The van der Waals surface area contributed by atoms with E-state index in [1.807, 2.05) is 12.1 Å². The molecule has 3 aromatic carbocycles. The first-order valence-corrected chi connectivity index (χ1v) is 18.0. The Labute approximate surface area is 294 Å². The summed E-state index contributed by atoms with van der Waals surface area (Å²) in [4.78, 5) is 69.1. The average Bonchev–Trinajstić information content (AvgIpc) is 3.80. The van der Waals surface area contributed by atoms with Crippen LogP contribution in [0.3, 0.4) is 0 Å². The molecule has 3 heterocycles. The first-order valence-electron chi connectivity index (χ1n) is 15.1. The average molecular weight is 768 g/mol. The zero-order chi connectivity index (χ0) is 33.4. The summed E-state index contributed by atoms with van der Waals surface area (Å²) in [5.74, 6) is -2.26. The second-order valence-corrected chi connectivity index (χ2v) is 15.8. The number of hydrogen-bond acceptors (Lipinski definition) is 9. The summed E-state index contributed by atoms with van der Waals surface area (Å²) in [6, 6.07) is 17.8. The van der Waals surface area contributed by atoms with E-state index >= 15 is 0 Å². The van der Waals surface area contributed by atoms with Crippen LogP contribution in [0.4, 0.5) is 17.1 Å². The second-order valence-electron chi connectivity index (χ2n) is 12.3. The van der Waals surface area contributed by atoms with Crippen molar-refractivity contribution in [3.05, 3.63) is 106 Å². The molecule has 2 N–H and O–H groups in total. The van der Waals surface area contributed by atoms with Crippen molar-refractivity contribution < 1.29 is 24.0 Å². The number of thiazole rings is 1. The van der Waals surface area contributed by atoms with Gasteiger partial charge in [0.05, 0.1) is 27.5 Å². The molecule has 244 valence electrons. The van der Waals surface area contributed by atoms with Gasteiger partial charge in [-0.05, 0) is 78.8 Å². The van der Waals surface area contributed by atoms with Gasteiger partial charge in [0, 0.05) is 48.9 Å². The molecule has 11 nitrogen and oxygen atoms in total. The topological polar surface area (TPSA) is 152 Å². The number of nitrogens with zero attached hydrogens (tertiary/aromatic N) is 2. The number of imide groups is 1. The molecule has 4 aliphatic rings. The van der Waals surface area contributed by atoms with E-state index in [9.17, 15) is 29.3 Å². The number of nitro benzene ring substituents is 1. The number of carbonyl (C=O) groups excluding carboxylic acids is 3. The number of nitrogens with one attached hydrogen (secondary N) is 2. The van der Waals surface area contributed by atoms with Crippen LogP contribution in [0, 0.1) is 39.7 Å². The molecule has 0 radical (unpaired) electrons. The number of aromatic amines is 1. The number of anilines is 2. The molecule has 7 atom stereocenters. The number of rotatable bonds is 7. The monoisotopic (exact) mass is 766 g/mol. The van der Waals surface area contributed by atoms with Crippen LogP contribution in [0.5, 0.6) is 5.75 Å². The third-order valence-corrected chi connectivity index (χ3v) is 13.2. The smallest absolute Gasteiger partial charge is 0.305 e. The number of carbonyl (C=O) groups is 3. The Morgan fingerprint density at radius 3 is 2.46 bits per heavy atom. The summed E-state index contributed by atoms with van der Waals surface area (Å²) in [5.41, 5.74) is 1.55. The summed E-state index contributed by atoms with van der Waals surface area (Å²) in [5, 5.41) is 15.2. The van der Waals surface area contributed by atoms with E-state index in [2.05, 4.69) is 26.2 Å². The van der Waals surface area contributed by atoms with Crippen LogP contribution < -0.4 is 19.8 Å². The van der Waals surface area contributed by atoms with Gasteiger partial charge >= 0.3 is 4.87 Å². The fourth-order valence-corrected chi connectivity index (χ4v) is 11.5. The minimum absolute atomic E-state index is 0.0624. The van der Waals surface area contributed by atoms with Crippen molar-refractivity contribution in [1.29, 1.82) is 0 Å². The first-order chi connectivity index (χ1) is 23.1. The Morgan fingerprint density at radius 1 is 1.04 bits per heavy atom. The highest BCUT2D eigenvalue weighted by Crippen LogP contribution is 2.69. The van der Waals surface area contributed by atoms with Gasteiger partial charge in [0.2, 0.25) is 11.8 Å². The predicted octanol–water partition coefficient (Wildman–Crippen LogP) is 6.46. The number of benzene rings is 3. The summed E-state index contributed by atoms with van der Waals surface area (Å²) >= 11 is 12.3. The Kier molecular flexibility index (Phi) is 7.73. The molecule has 48 heavy (non-hydrogen) atoms. The number of thioether (sulfide) groups is 1. The number of ether oxygens (including phenoxy) is 1. The van der Waals surface area contributed by atoms with Crippen LogP contribution in [0.25, 0.3) is 0 Å². The van der Waals surface area contributed by atoms with E-state index in [1.54, 1.807) is 42.1 Å². The van der Waals surface area contributed by atoms with Gasteiger partial charge in [0.25, 0.3) is 11.6 Å². The highest BCUT2D eigenvalue weighted by atomic mass is 79.9. The molecule has 3 amide bonds. The van der Waals surface area contributed by atoms with Gasteiger partial charge in [0.1, 0.15) is 5.75 Å². The van der Waals surface area contributed by atoms with Gasteiger partial charge in [-0.15, -0.1) is 11.8 Å². The molecule has 15 heteroatoms. The van der Waals surface area contributed by atoms with E-state index in [4.69, 9.17) is 16.3 Å². The molecule has 0 spiro atoms. The lowest BCUT2D eigenvalue weighted by Crippen LogP contribution is -2.42. The maximum Gasteiger partial charge on any atom is 0.305 e. The fraction of sp³-hybridized carbons (Fsp3) is 0.273. The van der Waals surface area contributed by atoms with Gasteiger partial charge in [-0.1, -0.05) is 38.9 Å². The minimum atomic E-state index is -0.555. The summed E-state index contributed by atoms with van der Waals surface area (Å²) in [7, 11) is 0. The third-order valence-electron chi connectivity index (χ3n) is 9.84. The quantitative estimate of drug-likeness (QED) is 0.124. The standard InChI is InChI=1S/C33H24BrClN4O7S2/c34-14-1-10-22(46-13-23(40)36-16-4-2-15(35)3-5-16)19(11-14)24-25-20-12-21(28(25)47-30-29(24)48-33(43)37-30)27-26(20)31(41)38(32(27)42)17-6-8-18(9-7-17)39(44)45/h1-11,20-21,24-28H,12-13H2,(H,36,40)(H,37,43)/t20-,21-,24-,25?,26?,27?,28?/m1/s1. The van der Waals surface area contributed by atoms with Gasteiger partial charge in [-0.2, -0.15) is 0 Å². The largest absolute Gasteiger partial charge is 0.483 e. The van der Waals surface area contributed by atoms with Crippen LogP contribution >= 0.6 is 50.6 Å². The number of halogens is 2. The van der Waals surface area contributed by atoms with Crippen LogP contribution in [-0.4, -0.2) is 39.5 Å². The zero-order valence-electron chi connectivity index (χ0n) is 24.6. The highest BCUT2D eigenvalue weighted by Gasteiger charge is 2.70. The van der Waals surface area contributed by atoms with Crippen LogP contribution in [0.15, 0.2) is 81.0 Å². The van der Waals surface area contributed by atoms with Crippen molar-refractivity contribution in [3.8, 4) is 5.75 Å². The van der Waals surface area contributed by atoms with E-state index in [0.29, 0.717) is 28.6 Å². The van der Waals surface area contributed by atoms with Gasteiger partial charge in [0.15, 0.2) is 6.61 Å². The van der Waals surface area contributed by atoms with Crippen molar-refractivity contribution in [2.45, 2.75) is 22.6 Å². The molecule has 1 aromatic heterocycles. The van der Waals surface area contributed by atoms with Crippen molar-refractivity contribution in [3.63, 3.8) is 0 Å². The Hall–Kier alpha value is -3.98.